The molecular weight excluding hydrogens is 357 g/mol. The molecule has 3 N–H and O–H groups in total. The van der Waals surface area contributed by atoms with Crippen LogP contribution in [-0.4, -0.2) is 35.7 Å². The minimum absolute atomic E-state index is 0.0653. The number of carboxylic acid groups (broad SMARTS) is 1. The lowest BCUT2D eigenvalue weighted by Crippen LogP contribution is -2.32. The Labute approximate surface area is 153 Å². The molecular formula is C18H16FN3O5. The fourth-order valence-corrected chi connectivity index (χ4v) is 2.03. The maximum absolute atomic E-state index is 13.4. The summed E-state index contributed by atoms with van der Waals surface area (Å²) in [7, 11) is 0. The summed E-state index contributed by atoms with van der Waals surface area (Å²) in [5.41, 5.74) is 2.14. The fraction of sp³-hybridized carbons (Fsp3) is 0.111. The van der Waals surface area contributed by atoms with E-state index in [9.17, 15) is 23.9 Å². The highest BCUT2D eigenvalue weighted by atomic mass is 19.1. The number of nitrogens with one attached hydrogen (secondary N) is 2. The van der Waals surface area contributed by atoms with E-state index >= 15 is 0 Å². The molecule has 8 nitrogen and oxygen atoms in total. The average Bonchev–Trinajstić information content (AvgIpc) is 2.64. The molecule has 0 bridgehead atoms. The topological polar surface area (TPSA) is 117 Å². The maximum atomic E-state index is 13.4. The molecule has 140 valence electrons. The van der Waals surface area contributed by atoms with E-state index in [0.29, 0.717) is 12.2 Å². The van der Waals surface area contributed by atoms with Gasteiger partial charge in [-0.15, -0.1) is 0 Å². The van der Waals surface area contributed by atoms with Crippen LogP contribution >= 0.6 is 0 Å². The minimum Gasteiger partial charge on any atom is -0.493 e. The number of halogens is 1. The molecule has 0 heterocycles. The van der Waals surface area contributed by atoms with Crippen molar-refractivity contribution in [3.05, 3.63) is 59.4 Å². The van der Waals surface area contributed by atoms with E-state index in [1.54, 1.807) is 6.92 Å². The Kier molecular flexibility index (Phi) is 6.59. The molecule has 0 fully saturated rings. The highest BCUT2D eigenvalue weighted by Crippen LogP contribution is 2.19. The SMILES string of the molecule is CCOc1ccc(/C=N\NC(=O)C(=O)Nc2ccccc2F)cc1C(=O)O. The number of para-hydroxylation sites is 1. The summed E-state index contributed by atoms with van der Waals surface area (Å²) in [4.78, 5) is 34.6. The number of nitrogens with zero attached hydrogens (tertiary/aromatic N) is 1. The van der Waals surface area contributed by atoms with Crippen molar-refractivity contribution in [1.29, 1.82) is 0 Å². The first-order chi connectivity index (χ1) is 12.9. The zero-order valence-electron chi connectivity index (χ0n) is 14.2. The number of hydrogen-bond acceptors (Lipinski definition) is 5. The summed E-state index contributed by atoms with van der Waals surface area (Å²) in [6.07, 6.45) is 1.16. The van der Waals surface area contributed by atoms with Gasteiger partial charge in [-0.3, -0.25) is 9.59 Å². The summed E-state index contributed by atoms with van der Waals surface area (Å²) >= 11 is 0. The number of aromatic carboxylic acids is 1. The van der Waals surface area contributed by atoms with Crippen molar-refractivity contribution in [2.75, 3.05) is 11.9 Å². The highest BCUT2D eigenvalue weighted by Gasteiger charge is 2.15. The third-order valence-corrected chi connectivity index (χ3v) is 3.24. The number of anilines is 1. The normalized spacial score (nSPS) is 10.4. The predicted molar refractivity (Wildman–Crippen MR) is 95.3 cm³/mol. The molecule has 0 aromatic heterocycles. The number of rotatable bonds is 6. The quantitative estimate of drug-likeness (QED) is 0.407. The van der Waals surface area contributed by atoms with Gasteiger partial charge in [0, 0.05) is 0 Å². The number of benzene rings is 2. The number of hydrogen-bond donors (Lipinski definition) is 3. The standard InChI is InChI=1S/C18H16FN3O5/c1-2-27-15-8-7-11(9-12(15)18(25)26)10-20-22-17(24)16(23)21-14-6-4-3-5-13(14)19/h3-10H,2H2,1H3,(H,21,23)(H,22,24)(H,25,26)/b20-10-. The van der Waals surface area contributed by atoms with Crippen LogP contribution in [0.4, 0.5) is 10.1 Å². The molecule has 2 rings (SSSR count). The Balaban J connectivity index is 2.01. The molecule has 9 heteroatoms. The number of ether oxygens (including phenoxy) is 1. The second-order valence-electron chi connectivity index (χ2n) is 5.13. The molecule has 0 unspecified atom stereocenters. The van der Waals surface area contributed by atoms with Crippen molar-refractivity contribution in [1.82, 2.24) is 5.43 Å². The first-order valence-electron chi connectivity index (χ1n) is 7.81. The molecule has 27 heavy (non-hydrogen) atoms. The van der Waals surface area contributed by atoms with Crippen molar-refractivity contribution in [3.8, 4) is 5.75 Å². The molecule has 2 aromatic rings. The van der Waals surface area contributed by atoms with Crippen molar-refractivity contribution < 1.29 is 28.6 Å². The molecule has 0 spiro atoms. The minimum atomic E-state index is -1.18. The number of amides is 2. The van der Waals surface area contributed by atoms with Crippen molar-refractivity contribution in [2.45, 2.75) is 6.92 Å². The number of carbonyl (C=O) groups excluding carboxylic acids is 2. The van der Waals surface area contributed by atoms with Gasteiger partial charge in [-0.05, 0) is 42.8 Å². The summed E-state index contributed by atoms with van der Waals surface area (Å²) < 4.78 is 18.7. The van der Waals surface area contributed by atoms with Crippen LogP contribution in [0.25, 0.3) is 0 Å². The lowest BCUT2D eigenvalue weighted by molar-refractivity contribution is -0.136. The zero-order chi connectivity index (χ0) is 19.8. The van der Waals surface area contributed by atoms with E-state index in [-0.39, 0.29) is 17.0 Å². The summed E-state index contributed by atoms with van der Waals surface area (Å²) in [6, 6.07) is 9.68. The molecule has 0 aliphatic rings. The van der Waals surface area contributed by atoms with E-state index in [2.05, 4.69) is 10.4 Å². The third-order valence-electron chi connectivity index (χ3n) is 3.24. The Morgan fingerprint density at radius 3 is 2.59 bits per heavy atom. The third kappa shape index (κ3) is 5.36. The van der Waals surface area contributed by atoms with Crippen molar-refractivity contribution in [2.24, 2.45) is 5.10 Å². The van der Waals surface area contributed by atoms with E-state index < -0.39 is 23.6 Å². The second kappa shape index (κ2) is 9.09. The summed E-state index contributed by atoms with van der Waals surface area (Å²) in [5, 5.41) is 14.9. The fourth-order valence-electron chi connectivity index (χ4n) is 2.03. The maximum Gasteiger partial charge on any atom is 0.339 e. The van der Waals surface area contributed by atoms with Crippen LogP contribution in [0.5, 0.6) is 5.75 Å². The van der Waals surface area contributed by atoms with Gasteiger partial charge in [0.15, 0.2) is 0 Å². The van der Waals surface area contributed by atoms with Crippen molar-refractivity contribution >= 4 is 29.7 Å². The molecule has 0 aliphatic heterocycles. The molecule has 0 atom stereocenters. The van der Waals surface area contributed by atoms with Gasteiger partial charge in [-0.1, -0.05) is 12.1 Å². The van der Waals surface area contributed by atoms with Gasteiger partial charge < -0.3 is 15.2 Å². The molecule has 0 aliphatic carbocycles. The van der Waals surface area contributed by atoms with E-state index in [0.717, 1.165) is 12.3 Å². The molecule has 0 saturated carbocycles. The number of hydrazone groups is 1. The molecule has 0 saturated heterocycles. The van der Waals surface area contributed by atoms with Crippen LogP contribution in [-0.2, 0) is 9.59 Å². The van der Waals surface area contributed by atoms with E-state index in [4.69, 9.17) is 4.74 Å². The molecule has 0 radical (unpaired) electrons. The van der Waals surface area contributed by atoms with Crippen LogP contribution in [0.3, 0.4) is 0 Å². The number of carbonyl (C=O) groups is 3. The summed E-state index contributed by atoms with van der Waals surface area (Å²) in [6.45, 7) is 2.03. The van der Waals surface area contributed by atoms with Crippen LogP contribution in [0.2, 0.25) is 0 Å². The predicted octanol–water partition coefficient (Wildman–Crippen LogP) is 2.01. The van der Waals surface area contributed by atoms with Gasteiger partial charge in [0.05, 0.1) is 18.5 Å². The monoisotopic (exact) mass is 373 g/mol. The summed E-state index contributed by atoms with van der Waals surface area (Å²) in [5.74, 6) is -3.87. The van der Waals surface area contributed by atoms with E-state index in [1.807, 2.05) is 5.43 Å². The Bertz CT molecular complexity index is 898. The van der Waals surface area contributed by atoms with Gasteiger partial charge in [-0.25, -0.2) is 14.6 Å². The van der Waals surface area contributed by atoms with Gasteiger partial charge in [0.1, 0.15) is 17.1 Å². The lowest BCUT2D eigenvalue weighted by Gasteiger charge is -2.07. The van der Waals surface area contributed by atoms with Crippen molar-refractivity contribution in [3.63, 3.8) is 0 Å². The number of carboxylic acids is 1. The Hall–Kier alpha value is -3.75. The van der Waals surface area contributed by atoms with E-state index in [1.165, 1.54) is 36.4 Å². The average molecular weight is 373 g/mol. The Morgan fingerprint density at radius 2 is 1.93 bits per heavy atom. The van der Waals surface area contributed by atoms with Gasteiger partial charge in [-0.2, -0.15) is 5.10 Å². The first kappa shape index (κ1) is 19.6. The van der Waals surface area contributed by atoms with Crippen LogP contribution in [0.15, 0.2) is 47.6 Å². The molecule has 2 amide bonds. The smallest absolute Gasteiger partial charge is 0.339 e. The lowest BCUT2D eigenvalue weighted by atomic mass is 10.1. The van der Waals surface area contributed by atoms with Crippen LogP contribution < -0.4 is 15.5 Å². The van der Waals surface area contributed by atoms with Crippen LogP contribution in [0, 0.1) is 5.82 Å². The molecule has 2 aromatic carbocycles. The zero-order valence-corrected chi connectivity index (χ0v) is 14.2. The Morgan fingerprint density at radius 1 is 1.19 bits per heavy atom. The van der Waals surface area contributed by atoms with Gasteiger partial charge in [0.25, 0.3) is 0 Å². The highest BCUT2D eigenvalue weighted by molar-refractivity contribution is 6.39. The second-order valence-corrected chi connectivity index (χ2v) is 5.13. The van der Waals surface area contributed by atoms with Gasteiger partial charge in [0.2, 0.25) is 0 Å². The van der Waals surface area contributed by atoms with Gasteiger partial charge >= 0.3 is 17.8 Å². The largest absolute Gasteiger partial charge is 0.493 e. The van der Waals surface area contributed by atoms with Crippen LogP contribution in [0.1, 0.15) is 22.8 Å². The first-order valence-corrected chi connectivity index (χ1v) is 7.81.